The lowest BCUT2D eigenvalue weighted by molar-refractivity contribution is -0.123. The van der Waals surface area contributed by atoms with Crippen LogP contribution in [0.5, 0.6) is 0 Å². The Labute approximate surface area is 115 Å². The fourth-order valence-electron chi connectivity index (χ4n) is 2.47. The summed E-state index contributed by atoms with van der Waals surface area (Å²) in [5.41, 5.74) is 2.45. The van der Waals surface area contributed by atoms with Gasteiger partial charge in [0.2, 0.25) is 5.91 Å². The molecule has 104 valence electrons. The number of hydrogen-bond donors (Lipinski definition) is 2. The average molecular weight is 261 g/mol. The molecule has 0 radical (unpaired) electrons. The standard InChI is InChI=1S/C15H23N3O/c1-11(2)12-4-6-13(7-5-12)18-9-8-17-15(19)14(18)10-16-3/h4-7,11,14,16H,8-10H2,1-3H3,(H,17,19). The fraction of sp³-hybridized carbons (Fsp3) is 0.533. The highest BCUT2D eigenvalue weighted by atomic mass is 16.2. The van der Waals surface area contributed by atoms with E-state index in [4.69, 9.17) is 0 Å². The third-order valence-corrected chi connectivity index (χ3v) is 3.62. The molecule has 2 rings (SSSR count). The second kappa shape index (κ2) is 6.06. The van der Waals surface area contributed by atoms with Crippen molar-refractivity contribution in [1.82, 2.24) is 10.6 Å². The van der Waals surface area contributed by atoms with Gasteiger partial charge in [0.1, 0.15) is 6.04 Å². The zero-order valence-electron chi connectivity index (χ0n) is 11.9. The summed E-state index contributed by atoms with van der Waals surface area (Å²) >= 11 is 0. The third kappa shape index (κ3) is 3.07. The highest BCUT2D eigenvalue weighted by Gasteiger charge is 2.28. The number of anilines is 1. The lowest BCUT2D eigenvalue weighted by Gasteiger charge is -2.36. The molecule has 0 saturated carbocycles. The summed E-state index contributed by atoms with van der Waals surface area (Å²) in [5, 5.41) is 6.02. The molecular formula is C15H23N3O. The van der Waals surface area contributed by atoms with Gasteiger partial charge < -0.3 is 15.5 Å². The number of piperazine rings is 1. The smallest absolute Gasteiger partial charge is 0.244 e. The van der Waals surface area contributed by atoms with E-state index in [9.17, 15) is 4.79 Å². The second-order valence-corrected chi connectivity index (χ2v) is 5.30. The van der Waals surface area contributed by atoms with E-state index in [0.717, 1.165) is 12.2 Å². The van der Waals surface area contributed by atoms with Crippen LogP contribution in [0.3, 0.4) is 0 Å². The number of carbonyl (C=O) groups excluding carboxylic acids is 1. The maximum absolute atomic E-state index is 12.0. The molecular weight excluding hydrogens is 238 g/mol. The van der Waals surface area contributed by atoms with Crippen LogP contribution in [-0.2, 0) is 4.79 Å². The summed E-state index contributed by atoms with van der Waals surface area (Å²) in [5.74, 6) is 0.639. The summed E-state index contributed by atoms with van der Waals surface area (Å²) in [7, 11) is 1.88. The van der Waals surface area contributed by atoms with E-state index in [-0.39, 0.29) is 11.9 Å². The lowest BCUT2D eigenvalue weighted by atomic mass is 10.0. The monoisotopic (exact) mass is 261 g/mol. The predicted octanol–water partition coefficient (Wildman–Crippen LogP) is 1.33. The lowest BCUT2D eigenvalue weighted by Crippen LogP contribution is -2.58. The van der Waals surface area contributed by atoms with E-state index in [1.165, 1.54) is 5.56 Å². The normalized spacial score (nSPS) is 19.7. The highest BCUT2D eigenvalue weighted by Crippen LogP contribution is 2.22. The van der Waals surface area contributed by atoms with E-state index in [1.54, 1.807) is 0 Å². The number of nitrogens with one attached hydrogen (secondary N) is 2. The van der Waals surface area contributed by atoms with Crippen LogP contribution in [0.2, 0.25) is 0 Å². The predicted molar refractivity (Wildman–Crippen MR) is 78.6 cm³/mol. The minimum atomic E-state index is -0.122. The molecule has 4 heteroatoms. The molecule has 2 N–H and O–H groups in total. The molecule has 0 aliphatic carbocycles. The Hall–Kier alpha value is -1.55. The summed E-state index contributed by atoms with van der Waals surface area (Å²) in [6.07, 6.45) is 0. The highest BCUT2D eigenvalue weighted by molar-refractivity contribution is 5.86. The zero-order chi connectivity index (χ0) is 13.8. The molecule has 1 fully saturated rings. The molecule has 1 amide bonds. The molecule has 0 bridgehead atoms. The molecule has 4 nitrogen and oxygen atoms in total. The van der Waals surface area contributed by atoms with Crippen LogP contribution in [-0.4, -0.2) is 38.6 Å². The number of amides is 1. The van der Waals surface area contributed by atoms with Crippen LogP contribution < -0.4 is 15.5 Å². The first-order valence-corrected chi connectivity index (χ1v) is 6.92. The SMILES string of the molecule is CNCC1C(=O)NCCN1c1ccc(C(C)C)cc1. The summed E-state index contributed by atoms with van der Waals surface area (Å²) in [6, 6.07) is 8.43. The molecule has 0 aromatic heterocycles. The number of hydrogen-bond acceptors (Lipinski definition) is 3. The van der Waals surface area contributed by atoms with Gasteiger partial charge in [-0.15, -0.1) is 0 Å². The molecule has 19 heavy (non-hydrogen) atoms. The van der Waals surface area contributed by atoms with Crippen LogP contribution in [0.15, 0.2) is 24.3 Å². The van der Waals surface area contributed by atoms with Gasteiger partial charge in [-0.05, 0) is 30.7 Å². The van der Waals surface area contributed by atoms with Crippen LogP contribution in [0, 0.1) is 0 Å². The first kappa shape index (κ1) is 13.9. The van der Waals surface area contributed by atoms with Crippen molar-refractivity contribution in [2.75, 3.05) is 31.6 Å². The second-order valence-electron chi connectivity index (χ2n) is 5.30. The summed E-state index contributed by atoms with van der Waals surface area (Å²) in [6.45, 7) is 6.61. The first-order chi connectivity index (χ1) is 9.13. The van der Waals surface area contributed by atoms with Crippen molar-refractivity contribution in [3.05, 3.63) is 29.8 Å². The van der Waals surface area contributed by atoms with Crippen molar-refractivity contribution in [3.8, 4) is 0 Å². The molecule has 1 atom stereocenters. The Morgan fingerprint density at radius 1 is 1.37 bits per heavy atom. The van der Waals surface area contributed by atoms with Crippen LogP contribution in [0.1, 0.15) is 25.3 Å². The van der Waals surface area contributed by atoms with Crippen molar-refractivity contribution in [2.45, 2.75) is 25.8 Å². The Morgan fingerprint density at radius 2 is 2.05 bits per heavy atom. The topological polar surface area (TPSA) is 44.4 Å². The maximum Gasteiger partial charge on any atom is 0.244 e. The fourth-order valence-corrected chi connectivity index (χ4v) is 2.47. The molecule has 0 spiro atoms. The van der Waals surface area contributed by atoms with Crippen LogP contribution in [0.4, 0.5) is 5.69 Å². The van der Waals surface area contributed by atoms with E-state index in [0.29, 0.717) is 19.0 Å². The van der Waals surface area contributed by atoms with Gasteiger partial charge in [-0.2, -0.15) is 0 Å². The number of benzene rings is 1. The van der Waals surface area contributed by atoms with Gasteiger partial charge in [0.25, 0.3) is 0 Å². The molecule has 1 saturated heterocycles. The minimum absolute atomic E-state index is 0.105. The van der Waals surface area contributed by atoms with Crippen LogP contribution >= 0.6 is 0 Å². The maximum atomic E-state index is 12.0. The third-order valence-electron chi connectivity index (χ3n) is 3.62. The molecule has 1 aromatic rings. The molecule has 1 aliphatic rings. The van der Waals surface area contributed by atoms with Gasteiger partial charge >= 0.3 is 0 Å². The minimum Gasteiger partial charge on any atom is -0.357 e. The van der Waals surface area contributed by atoms with Crippen molar-refractivity contribution < 1.29 is 4.79 Å². The van der Waals surface area contributed by atoms with Gasteiger partial charge in [-0.25, -0.2) is 0 Å². The largest absolute Gasteiger partial charge is 0.357 e. The van der Waals surface area contributed by atoms with Gasteiger partial charge in [0.15, 0.2) is 0 Å². The quantitative estimate of drug-likeness (QED) is 0.859. The van der Waals surface area contributed by atoms with Crippen molar-refractivity contribution in [3.63, 3.8) is 0 Å². The van der Waals surface area contributed by atoms with Crippen molar-refractivity contribution in [2.24, 2.45) is 0 Å². The van der Waals surface area contributed by atoms with Crippen LogP contribution in [0.25, 0.3) is 0 Å². The molecule has 1 aromatic carbocycles. The van der Waals surface area contributed by atoms with Crippen molar-refractivity contribution in [1.29, 1.82) is 0 Å². The van der Waals surface area contributed by atoms with E-state index >= 15 is 0 Å². The summed E-state index contributed by atoms with van der Waals surface area (Å²) in [4.78, 5) is 14.1. The van der Waals surface area contributed by atoms with E-state index in [1.807, 2.05) is 7.05 Å². The van der Waals surface area contributed by atoms with Gasteiger partial charge in [-0.1, -0.05) is 26.0 Å². The average Bonchev–Trinajstić information content (AvgIpc) is 2.41. The number of rotatable bonds is 4. The van der Waals surface area contributed by atoms with Gasteiger partial charge in [-0.3, -0.25) is 4.79 Å². The molecule has 1 unspecified atom stereocenters. The Morgan fingerprint density at radius 3 is 2.63 bits per heavy atom. The van der Waals surface area contributed by atoms with Gasteiger partial charge in [0.05, 0.1) is 0 Å². The van der Waals surface area contributed by atoms with E-state index in [2.05, 4.69) is 53.6 Å². The van der Waals surface area contributed by atoms with Gasteiger partial charge in [0, 0.05) is 25.3 Å². The Balaban J connectivity index is 2.20. The molecule has 1 heterocycles. The van der Waals surface area contributed by atoms with Crippen molar-refractivity contribution >= 4 is 11.6 Å². The first-order valence-electron chi connectivity index (χ1n) is 6.92. The number of nitrogens with zero attached hydrogens (tertiary/aromatic N) is 1. The Kier molecular flexibility index (Phi) is 4.43. The number of likely N-dealkylation sites (N-methyl/N-ethyl adjacent to an activating group) is 1. The number of carbonyl (C=O) groups is 1. The molecule has 1 aliphatic heterocycles. The Bertz CT molecular complexity index is 428. The van der Waals surface area contributed by atoms with E-state index < -0.39 is 0 Å². The zero-order valence-corrected chi connectivity index (χ0v) is 11.9. The summed E-state index contributed by atoms with van der Waals surface area (Å²) < 4.78 is 0.